The SMILES string of the molecule is NCc1nc(=S)[nH]c2c1CSC2. The molecule has 1 aromatic rings. The Hall–Kier alpha value is -0.390. The maximum absolute atomic E-state index is 5.56. The van der Waals surface area contributed by atoms with Crippen molar-refractivity contribution in [3.8, 4) is 0 Å². The van der Waals surface area contributed by atoms with E-state index in [1.165, 1.54) is 11.3 Å². The Balaban J connectivity index is 2.62. The lowest BCUT2D eigenvalue weighted by atomic mass is 10.2. The Morgan fingerprint density at radius 1 is 1.58 bits per heavy atom. The van der Waals surface area contributed by atoms with Gasteiger partial charge in [0.25, 0.3) is 0 Å². The highest BCUT2D eigenvalue weighted by Gasteiger charge is 2.15. The van der Waals surface area contributed by atoms with E-state index in [1.807, 2.05) is 11.8 Å². The number of fused-ring (bicyclic) bond motifs is 1. The van der Waals surface area contributed by atoms with E-state index >= 15 is 0 Å². The molecule has 1 aliphatic heterocycles. The number of hydrogen-bond acceptors (Lipinski definition) is 4. The van der Waals surface area contributed by atoms with E-state index in [1.54, 1.807) is 0 Å². The average molecular weight is 199 g/mol. The molecule has 0 atom stereocenters. The summed E-state index contributed by atoms with van der Waals surface area (Å²) in [5.41, 5.74) is 8.99. The van der Waals surface area contributed by atoms with E-state index in [0.29, 0.717) is 11.3 Å². The summed E-state index contributed by atoms with van der Waals surface area (Å²) in [6.07, 6.45) is 0. The third kappa shape index (κ3) is 1.28. The first-order valence-electron chi connectivity index (χ1n) is 3.70. The third-order valence-corrected chi connectivity index (χ3v) is 3.07. The smallest absolute Gasteiger partial charge is 0.197 e. The van der Waals surface area contributed by atoms with Crippen molar-refractivity contribution >= 4 is 24.0 Å². The molecule has 0 bridgehead atoms. The van der Waals surface area contributed by atoms with Crippen LogP contribution in [0.5, 0.6) is 0 Å². The minimum Gasteiger partial charge on any atom is -0.333 e. The minimum atomic E-state index is 0.487. The van der Waals surface area contributed by atoms with Crippen molar-refractivity contribution in [3.05, 3.63) is 21.7 Å². The van der Waals surface area contributed by atoms with Crippen LogP contribution in [0.3, 0.4) is 0 Å². The normalized spacial score (nSPS) is 14.8. The van der Waals surface area contributed by atoms with E-state index in [9.17, 15) is 0 Å². The number of aromatic amines is 1. The molecule has 0 saturated carbocycles. The molecule has 0 fully saturated rings. The van der Waals surface area contributed by atoms with Crippen molar-refractivity contribution < 1.29 is 0 Å². The number of hydrogen-bond donors (Lipinski definition) is 2. The highest BCUT2D eigenvalue weighted by molar-refractivity contribution is 7.98. The molecule has 3 nitrogen and oxygen atoms in total. The molecule has 64 valence electrons. The number of rotatable bonds is 1. The minimum absolute atomic E-state index is 0.487. The van der Waals surface area contributed by atoms with E-state index in [0.717, 1.165) is 17.2 Å². The molecule has 0 unspecified atom stereocenters. The number of nitrogens with two attached hydrogens (primary N) is 1. The van der Waals surface area contributed by atoms with Crippen molar-refractivity contribution in [1.82, 2.24) is 9.97 Å². The maximum atomic E-state index is 5.56. The van der Waals surface area contributed by atoms with Crippen LogP contribution in [-0.4, -0.2) is 9.97 Å². The zero-order valence-electron chi connectivity index (χ0n) is 6.46. The summed E-state index contributed by atoms with van der Waals surface area (Å²) in [6, 6.07) is 0. The lowest BCUT2D eigenvalue weighted by molar-refractivity contribution is 0.909. The molecule has 3 N–H and O–H groups in total. The fourth-order valence-electron chi connectivity index (χ4n) is 1.31. The van der Waals surface area contributed by atoms with Crippen LogP contribution < -0.4 is 5.73 Å². The Labute approximate surface area is 79.8 Å². The Kier molecular flexibility index (Phi) is 2.16. The maximum Gasteiger partial charge on any atom is 0.197 e. The molecule has 12 heavy (non-hydrogen) atoms. The van der Waals surface area contributed by atoms with Crippen molar-refractivity contribution in [2.75, 3.05) is 0 Å². The van der Waals surface area contributed by atoms with Crippen LogP contribution in [0.1, 0.15) is 17.0 Å². The van der Waals surface area contributed by atoms with E-state index in [-0.39, 0.29) is 0 Å². The van der Waals surface area contributed by atoms with E-state index < -0.39 is 0 Å². The van der Waals surface area contributed by atoms with Crippen LogP contribution >= 0.6 is 24.0 Å². The molecule has 0 amide bonds. The van der Waals surface area contributed by atoms with Gasteiger partial charge in [0.05, 0.1) is 5.69 Å². The second-order valence-electron chi connectivity index (χ2n) is 2.64. The molecule has 5 heteroatoms. The zero-order chi connectivity index (χ0) is 8.55. The first kappa shape index (κ1) is 8.22. The quantitative estimate of drug-likeness (QED) is 0.670. The van der Waals surface area contributed by atoms with Crippen LogP contribution in [0.25, 0.3) is 0 Å². The van der Waals surface area contributed by atoms with Gasteiger partial charge in [-0.3, -0.25) is 0 Å². The summed E-state index contributed by atoms with van der Waals surface area (Å²) < 4.78 is 0.553. The second kappa shape index (κ2) is 3.16. The summed E-state index contributed by atoms with van der Waals surface area (Å²) >= 11 is 6.84. The van der Waals surface area contributed by atoms with Gasteiger partial charge in [0, 0.05) is 29.3 Å². The van der Waals surface area contributed by atoms with E-state index in [2.05, 4.69) is 9.97 Å². The molecule has 0 spiro atoms. The molecular weight excluding hydrogens is 190 g/mol. The first-order valence-corrected chi connectivity index (χ1v) is 5.26. The average Bonchev–Trinajstić information content (AvgIpc) is 2.50. The number of nitrogens with one attached hydrogen (secondary N) is 1. The molecule has 1 aliphatic rings. The van der Waals surface area contributed by atoms with Crippen molar-refractivity contribution in [2.24, 2.45) is 5.73 Å². The predicted molar refractivity (Wildman–Crippen MR) is 52.3 cm³/mol. The molecule has 0 saturated heterocycles. The number of aromatic nitrogens is 2. The van der Waals surface area contributed by atoms with Gasteiger partial charge in [-0.05, 0) is 12.2 Å². The van der Waals surface area contributed by atoms with Gasteiger partial charge in [-0.2, -0.15) is 11.8 Å². The fraction of sp³-hybridized carbons (Fsp3) is 0.429. The van der Waals surface area contributed by atoms with Gasteiger partial charge in [0.2, 0.25) is 0 Å². The van der Waals surface area contributed by atoms with Crippen LogP contribution in [0.15, 0.2) is 0 Å². The Bertz CT molecular complexity index is 358. The number of nitrogens with zero attached hydrogens (tertiary/aromatic N) is 1. The summed E-state index contributed by atoms with van der Waals surface area (Å²) in [4.78, 5) is 7.27. The van der Waals surface area contributed by atoms with Crippen LogP contribution in [-0.2, 0) is 18.1 Å². The second-order valence-corrected chi connectivity index (χ2v) is 4.01. The standard InChI is InChI=1S/C7H9N3S2/c8-1-5-4-2-12-3-6(4)10-7(11)9-5/h1-3,8H2,(H,9,10,11). The molecule has 0 aliphatic carbocycles. The molecule has 2 heterocycles. The lowest BCUT2D eigenvalue weighted by Gasteiger charge is -2.03. The third-order valence-electron chi connectivity index (χ3n) is 1.89. The van der Waals surface area contributed by atoms with Crippen molar-refractivity contribution in [3.63, 3.8) is 0 Å². The van der Waals surface area contributed by atoms with Crippen LogP contribution in [0.2, 0.25) is 0 Å². The molecule has 2 rings (SSSR count). The molecular formula is C7H9N3S2. The monoisotopic (exact) mass is 199 g/mol. The highest BCUT2D eigenvalue weighted by atomic mass is 32.2. The molecule has 0 aromatic carbocycles. The van der Waals surface area contributed by atoms with Gasteiger partial charge in [0.15, 0.2) is 4.77 Å². The van der Waals surface area contributed by atoms with E-state index in [4.69, 9.17) is 18.0 Å². The Morgan fingerprint density at radius 3 is 3.17 bits per heavy atom. The summed E-state index contributed by atoms with van der Waals surface area (Å²) in [6.45, 7) is 0.487. The molecule has 1 aromatic heterocycles. The fourth-order valence-corrected chi connectivity index (χ4v) is 2.65. The Morgan fingerprint density at radius 2 is 2.42 bits per heavy atom. The summed E-state index contributed by atoms with van der Waals surface area (Å²) in [5.74, 6) is 2.02. The van der Waals surface area contributed by atoms with Crippen molar-refractivity contribution in [2.45, 2.75) is 18.1 Å². The van der Waals surface area contributed by atoms with Gasteiger partial charge in [-0.1, -0.05) is 0 Å². The topological polar surface area (TPSA) is 54.7 Å². The van der Waals surface area contributed by atoms with Crippen LogP contribution in [0.4, 0.5) is 0 Å². The highest BCUT2D eigenvalue weighted by Crippen LogP contribution is 2.29. The lowest BCUT2D eigenvalue weighted by Crippen LogP contribution is -2.06. The van der Waals surface area contributed by atoms with Gasteiger partial charge < -0.3 is 10.7 Å². The van der Waals surface area contributed by atoms with Gasteiger partial charge >= 0.3 is 0 Å². The predicted octanol–water partition coefficient (Wildman–Crippen LogP) is 1.34. The summed E-state index contributed by atoms with van der Waals surface area (Å²) in [5, 5.41) is 0. The van der Waals surface area contributed by atoms with Gasteiger partial charge in [0.1, 0.15) is 0 Å². The van der Waals surface area contributed by atoms with Crippen molar-refractivity contribution in [1.29, 1.82) is 0 Å². The zero-order valence-corrected chi connectivity index (χ0v) is 8.10. The van der Waals surface area contributed by atoms with Gasteiger partial charge in [-0.15, -0.1) is 0 Å². The van der Waals surface area contributed by atoms with Crippen LogP contribution in [0, 0.1) is 4.77 Å². The first-order chi connectivity index (χ1) is 5.81. The molecule has 0 radical (unpaired) electrons. The number of H-pyrrole nitrogens is 1. The largest absolute Gasteiger partial charge is 0.333 e. The number of thioether (sulfide) groups is 1. The summed E-state index contributed by atoms with van der Waals surface area (Å²) in [7, 11) is 0. The van der Waals surface area contributed by atoms with Gasteiger partial charge in [-0.25, -0.2) is 4.98 Å².